The number of imide groups is 1. The molecule has 29 heavy (non-hydrogen) atoms. The number of amides is 3. The highest BCUT2D eigenvalue weighted by Crippen LogP contribution is 2.22. The normalized spacial score (nSPS) is 14.3. The SMILES string of the molecule is Cc1noc(C)c1Cn1cc(N2C(=O)CN(CCc3ccc(F)cc3)C2=O)cn1. The van der Waals surface area contributed by atoms with Crippen LogP contribution < -0.4 is 4.90 Å². The lowest BCUT2D eigenvalue weighted by molar-refractivity contribution is -0.116. The average molecular weight is 397 g/mol. The van der Waals surface area contributed by atoms with Crippen molar-refractivity contribution in [3.05, 3.63) is 65.1 Å². The quantitative estimate of drug-likeness (QED) is 0.597. The molecule has 8 nitrogen and oxygen atoms in total. The van der Waals surface area contributed by atoms with Crippen LogP contribution in [0.1, 0.15) is 22.6 Å². The van der Waals surface area contributed by atoms with Crippen molar-refractivity contribution in [3.8, 4) is 0 Å². The van der Waals surface area contributed by atoms with Gasteiger partial charge < -0.3 is 9.42 Å². The minimum atomic E-state index is -0.381. The molecule has 0 unspecified atom stereocenters. The fourth-order valence-electron chi connectivity index (χ4n) is 3.34. The Kier molecular flexibility index (Phi) is 4.87. The molecule has 1 aliphatic heterocycles. The number of hydrogen-bond donors (Lipinski definition) is 0. The predicted molar refractivity (Wildman–Crippen MR) is 102 cm³/mol. The largest absolute Gasteiger partial charge is 0.361 e. The molecule has 0 atom stereocenters. The minimum Gasteiger partial charge on any atom is -0.361 e. The van der Waals surface area contributed by atoms with E-state index >= 15 is 0 Å². The second-order valence-electron chi connectivity index (χ2n) is 7.01. The average Bonchev–Trinajstić information content (AvgIpc) is 3.36. The summed E-state index contributed by atoms with van der Waals surface area (Å²) in [6, 6.07) is 5.73. The van der Waals surface area contributed by atoms with Crippen molar-refractivity contribution < 1.29 is 18.5 Å². The summed E-state index contributed by atoms with van der Waals surface area (Å²) in [4.78, 5) is 27.8. The number of anilines is 1. The van der Waals surface area contributed by atoms with Crippen LogP contribution in [0.3, 0.4) is 0 Å². The van der Waals surface area contributed by atoms with E-state index in [1.54, 1.807) is 23.0 Å². The third-order valence-corrected chi connectivity index (χ3v) is 5.00. The molecule has 0 saturated carbocycles. The van der Waals surface area contributed by atoms with E-state index in [4.69, 9.17) is 4.52 Å². The molecular weight excluding hydrogens is 377 g/mol. The maximum absolute atomic E-state index is 13.0. The van der Waals surface area contributed by atoms with Gasteiger partial charge in [-0.1, -0.05) is 17.3 Å². The van der Waals surface area contributed by atoms with Gasteiger partial charge in [0.2, 0.25) is 0 Å². The van der Waals surface area contributed by atoms with Gasteiger partial charge >= 0.3 is 6.03 Å². The van der Waals surface area contributed by atoms with Crippen molar-refractivity contribution in [3.63, 3.8) is 0 Å². The number of aromatic nitrogens is 3. The maximum atomic E-state index is 13.0. The van der Waals surface area contributed by atoms with Crippen LogP contribution in [-0.2, 0) is 17.8 Å². The summed E-state index contributed by atoms with van der Waals surface area (Å²) in [6.07, 6.45) is 3.70. The molecule has 3 aromatic rings. The van der Waals surface area contributed by atoms with E-state index in [0.717, 1.165) is 21.7 Å². The number of nitrogens with zero attached hydrogens (tertiary/aromatic N) is 5. The molecule has 1 saturated heterocycles. The van der Waals surface area contributed by atoms with Crippen LogP contribution >= 0.6 is 0 Å². The summed E-state index contributed by atoms with van der Waals surface area (Å²) < 4.78 is 19.8. The molecule has 150 valence electrons. The predicted octanol–water partition coefficient (Wildman–Crippen LogP) is 2.69. The monoisotopic (exact) mass is 397 g/mol. The Labute approximate surface area is 166 Å². The molecule has 0 bridgehead atoms. The minimum absolute atomic E-state index is 0.00900. The van der Waals surface area contributed by atoms with Gasteiger partial charge in [-0.15, -0.1) is 0 Å². The fourth-order valence-corrected chi connectivity index (χ4v) is 3.34. The highest BCUT2D eigenvalue weighted by Gasteiger charge is 2.37. The highest BCUT2D eigenvalue weighted by atomic mass is 19.1. The molecule has 1 aromatic carbocycles. The number of aryl methyl sites for hydroxylation is 2. The van der Waals surface area contributed by atoms with E-state index in [2.05, 4.69) is 10.3 Å². The van der Waals surface area contributed by atoms with Crippen molar-refractivity contribution in [1.82, 2.24) is 19.8 Å². The zero-order chi connectivity index (χ0) is 20.5. The molecule has 4 rings (SSSR count). The second kappa shape index (κ2) is 7.50. The van der Waals surface area contributed by atoms with Crippen LogP contribution in [0.2, 0.25) is 0 Å². The van der Waals surface area contributed by atoms with Crippen molar-refractivity contribution in [1.29, 1.82) is 0 Å². The Morgan fingerprint density at radius 3 is 2.62 bits per heavy atom. The zero-order valence-electron chi connectivity index (χ0n) is 16.1. The van der Waals surface area contributed by atoms with Crippen LogP contribution in [0.25, 0.3) is 0 Å². The number of urea groups is 1. The third kappa shape index (κ3) is 3.75. The van der Waals surface area contributed by atoms with Crippen LogP contribution in [0.5, 0.6) is 0 Å². The van der Waals surface area contributed by atoms with E-state index in [1.807, 2.05) is 13.8 Å². The van der Waals surface area contributed by atoms with Gasteiger partial charge in [0, 0.05) is 18.3 Å². The van der Waals surface area contributed by atoms with E-state index in [-0.39, 0.29) is 24.3 Å². The first-order valence-electron chi connectivity index (χ1n) is 9.23. The summed E-state index contributed by atoms with van der Waals surface area (Å²) >= 11 is 0. The number of rotatable bonds is 6. The summed E-state index contributed by atoms with van der Waals surface area (Å²) in [5, 5.41) is 8.18. The summed E-state index contributed by atoms with van der Waals surface area (Å²) in [6.45, 7) is 4.50. The van der Waals surface area contributed by atoms with E-state index in [9.17, 15) is 14.0 Å². The smallest absolute Gasteiger partial charge is 0.331 e. The van der Waals surface area contributed by atoms with Gasteiger partial charge in [0.05, 0.1) is 24.1 Å². The van der Waals surface area contributed by atoms with E-state index in [1.165, 1.54) is 23.2 Å². The summed E-state index contributed by atoms with van der Waals surface area (Å²) in [7, 11) is 0. The molecule has 0 spiro atoms. The van der Waals surface area contributed by atoms with Crippen molar-refractivity contribution in [2.24, 2.45) is 0 Å². The lowest BCUT2D eigenvalue weighted by atomic mass is 10.1. The standard InChI is InChI=1S/C20H20FN5O3/c1-13-18(14(2)29-23-13)11-25-10-17(9-22-25)26-19(27)12-24(20(26)28)8-7-15-3-5-16(21)6-4-15/h3-6,9-10H,7-8,11-12H2,1-2H3. The van der Waals surface area contributed by atoms with Crippen molar-refractivity contribution >= 4 is 17.6 Å². The zero-order valence-corrected chi connectivity index (χ0v) is 16.1. The van der Waals surface area contributed by atoms with Gasteiger partial charge in [-0.05, 0) is 38.0 Å². The molecule has 3 heterocycles. The fraction of sp³-hybridized carbons (Fsp3) is 0.300. The number of carbonyl (C=O) groups excluding carboxylic acids is 2. The Hall–Kier alpha value is -3.49. The first-order chi connectivity index (χ1) is 13.9. The van der Waals surface area contributed by atoms with E-state index < -0.39 is 0 Å². The van der Waals surface area contributed by atoms with Crippen LogP contribution in [-0.4, -0.2) is 44.9 Å². The lowest BCUT2D eigenvalue weighted by Gasteiger charge is -2.16. The van der Waals surface area contributed by atoms with Gasteiger partial charge in [0.1, 0.15) is 18.1 Å². The molecule has 9 heteroatoms. The molecule has 2 aromatic heterocycles. The van der Waals surface area contributed by atoms with Gasteiger partial charge in [0.25, 0.3) is 5.91 Å². The molecule has 0 aliphatic carbocycles. The van der Waals surface area contributed by atoms with Gasteiger partial charge in [-0.3, -0.25) is 9.48 Å². The molecule has 0 N–H and O–H groups in total. The lowest BCUT2D eigenvalue weighted by Crippen LogP contribution is -2.33. The molecule has 0 radical (unpaired) electrons. The molecule has 1 fully saturated rings. The first-order valence-corrected chi connectivity index (χ1v) is 9.23. The highest BCUT2D eigenvalue weighted by molar-refractivity contribution is 6.19. The van der Waals surface area contributed by atoms with E-state index in [0.29, 0.717) is 31.0 Å². The Morgan fingerprint density at radius 1 is 1.17 bits per heavy atom. The van der Waals surface area contributed by atoms with Crippen LogP contribution in [0, 0.1) is 19.7 Å². The van der Waals surface area contributed by atoms with Gasteiger partial charge in [0.15, 0.2) is 0 Å². The number of benzene rings is 1. The molecule has 3 amide bonds. The number of carbonyl (C=O) groups is 2. The summed E-state index contributed by atoms with van der Waals surface area (Å²) in [5.41, 5.74) is 3.02. The Bertz CT molecular complexity index is 1040. The summed E-state index contributed by atoms with van der Waals surface area (Å²) in [5.74, 6) is 0.104. The second-order valence-corrected chi connectivity index (χ2v) is 7.01. The number of halogens is 1. The molecular formula is C20H20FN5O3. The van der Waals surface area contributed by atoms with Crippen LogP contribution in [0.4, 0.5) is 14.9 Å². The molecule has 1 aliphatic rings. The Morgan fingerprint density at radius 2 is 1.93 bits per heavy atom. The third-order valence-electron chi connectivity index (χ3n) is 5.00. The van der Waals surface area contributed by atoms with Gasteiger partial charge in [-0.2, -0.15) is 5.10 Å². The van der Waals surface area contributed by atoms with Crippen LogP contribution in [0.15, 0.2) is 41.2 Å². The van der Waals surface area contributed by atoms with Crippen molar-refractivity contribution in [2.75, 3.05) is 18.0 Å². The van der Waals surface area contributed by atoms with Gasteiger partial charge in [-0.25, -0.2) is 14.1 Å². The number of hydrogen-bond acceptors (Lipinski definition) is 5. The first kappa shape index (κ1) is 18.9. The Balaban J connectivity index is 1.43. The topological polar surface area (TPSA) is 84.5 Å². The maximum Gasteiger partial charge on any atom is 0.331 e. The van der Waals surface area contributed by atoms with Crippen molar-refractivity contribution in [2.45, 2.75) is 26.8 Å².